The number of nitrogens with zero attached hydrogens (tertiary/aromatic N) is 4. The number of primary amides is 1. The molecule has 5 amide bonds. The van der Waals surface area contributed by atoms with Gasteiger partial charge in [-0.1, -0.05) is 37.6 Å². The normalized spacial score (nSPS) is 12.8. The van der Waals surface area contributed by atoms with Crippen molar-refractivity contribution in [1.29, 1.82) is 0 Å². The second-order valence-electron chi connectivity index (χ2n) is 10.3. The molecule has 1 saturated carbocycles. The minimum Gasteiger partial charge on any atom is -0.364 e. The van der Waals surface area contributed by atoms with E-state index in [2.05, 4.69) is 39.8 Å². The van der Waals surface area contributed by atoms with Crippen molar-refractivity contribution < 1.29 is 23.6 Å². The average Bonchev–Trinajstić information content (AvgIpc) is 3.76. The number of urea groups is 1. The lowest BCUT2D eigenvalue weighted by molar-refractivity contribution is -0.137. The number of carbonyl (C=O) groups is 4. The summed E-state index contributed by atoms with van der Waals surface area (Å²) in [7, 11) is 0. The van der Waals surface area contributed by atoms with Gasteiger partial charge < -0.3 is 31.5 Å². The maximum absolute atomic E-state index is 14.2. The molecule has 0 radical (unpaired) electrons. The fraction of sp³-hybridized carbons (Fsp3) is 0.414. The second-order valence-corrected chi connectivity index (χ2v) is 10.7. The number of benzene rings is 2. The van der Waals surface area contributed by atoms with Crippen LogP contribution in [-0.2, 0) is 22.7 Å². The molecule has 230 valence electrons. The number of hydrogen-bond donors (Lipinski definition) is 4. The van der Waals surface area contributed by atoms with Gasteiger partial charge in [-0.2, -0.15) is 5.10 Å². The number of carbonyl (C=O) groups excluding carboxylic acids is 4. The minimum atomic E-state index is -0.788. The highest BCUT2D eigenvalue weighted by Crippen LogP contribution is 2.28. The summed E-state index contributed by atoms with van der Waals surface area (Å²) in [6.07, 6.45) is 1.50. The third-order valence-electron chi connectivity index (χ3n) is 7.26. The molecule has 0 atom stereocenters. The number of aromatic nitrogens is 2. The van der Waals surface area contributed by atoms with Gasteiger partial charge >= 0.3 is 6.03 Å². The van der Waals surface area contributed by atoms with Gasteiger partial charge in [-0.25, -0.2) is 9.18 Å². The Morgan fingerprint density at radius 1 is 1.12 bits per heavy atom. The molecule has 0 spiro atoms. The standard InChI is InChI=1S/C29H36ClFN8O4/c1-3-37(4-2)13-12-33-29(43)35-19-8-11-23-21(14-19)27(28(32)42)36-39(23)17-25(41)38(20-9-10-20)16-24(40)34-15-18-6-5-7-22(30)26(18)31/h5-8,11,14,20H,3-4,9-10,12-13,15-17H2,1-2H3,(H2,32,42)(H,34,40)(H2,33,35,43). The number of likely N-dealkylation sites (N-methyl/N-ethyl adjacent to an activating group) is 1. The Kier molecular flexibility index (Phi) is 10.5. The van der Waals surface area contributed by atoms with Gasteiger partial charge in [-0.3, -0.25) is 19.1 Å². The molecule has 3 aromatic rings. The first-order chi connectivity index (χ1) is 20.6. The monoisotopic (exact) mass is 614 g/mol. The highest BCUT2D eigenvalue weighted by atomic mass is 35.5. The highest BCUT2D eigenvalue weighted by Gasteiger charge is 2.34. The van der Waals surface area contributed by atoms with Gasteiger partial charge in [-0.05, 0) is 50.2 Å². The summed E-state index contributed by atoms with van der Waals surface area (Å²) in [4.78, 5) is 54.3. The van der Waals surface area contributed by atoms with Gasteiger partial charge in [-0.15, -0.1) is 0 Å². The molecule has 12 nitrogen and oxygen atoms in total. The number of fused-ring (bicyclic) bond motifs is 1. The Labute approximate surface area is 253 Å². The maximum Gasteiger partial charge on any atom is 0.319 e. The largest absolute Gasteiger partial charge is 0.364 e. The number of nitrogens with one attached hydrogen (secondary N) is 3. The molecule has 0 bridgehead atoms. The van der Waals surface area contributed by atoms with E-state index in [0.717, 1.165) is 25.9 Å². The molecule has 0 aliphatic heterocycles. The average molecular weight is 615 g/mol. The zero-order chi connectivity index (χ0) is 31.1. The molecule has 4 rings (SSSR count). The van der Waals surface area contributed by atoms with E-state index in [0.29, 0.717) is 29.7 Å². The number of hydrogen-bond acceptors (Lipinski definition) is 6. The summed E-state index contributed by atoms with van der Waals surface area (Å²) in [5.74, 6) is -2.22. The van der Waals surface area contributed by atoms with Crippen LogP contribution in [0.25, 0.3) is 10.9 Å². The third-order valence-corrected chi connectivity index (χ3v) is 7.56. The number of halogens is 2. The summed E-state index contributed by atoms with van der Waals surface area (Å²) in [6.45, 7) is 6.52. The van der Waals surface area contributed by atoms with E-state index in [4.69, 9.17) is 17.3 Å². The maximum atomic E-state index is 14.2. The first-order valence-corrected chi connectivity index (χ1v) is 14.6. The van der Waals surface area contributed by atoms with Crippen LogP contribution in [0.15, 0.2) is 36.4 Å². The van der Waals surface area contributed by atoms with Crippen LogP contribution in [0.1, 0.15) is 42.7 Å². The zero-order valence-corrected chi connectivity index (χ0v) is 24.9. The Balaban J connectivity index is 1.42. The molecule has 14 heteroatoms. The van der Waals surface area contributed by atoms with E-state index in [1.807, 2.05) is 0 Å². The van der Waals surface area contributed by atoms with Crippen molar-refractivity contribution in [3.63, 3.8) is 0 Å². The molecular formula is C29H36ClFN8O4. The summed E-state index contributed by atoms with van der Waals surface area (Å²) < 4.78 is 15.5. The molecule has 0 saturated heterocycles. The van der Waals surface area contributed by atoms with Crippen molar-refractivity contribution in [2.75, 3.05) is 38.0 Å². The fourth-order valence-corrected chi connectivity index (χ4v) is 4.91. The van der Waals surface area contributed by atoms with Crippen LogP contribution in [0.5, 0.6) is 0 Å². The van der Waals surface area contributed by atoms with Crippen LogP contribution >= 0.6 is 11.6 Å². The minimum absolute atomic E-state index is 0.0413. The smallest absolute Gasteiger partial charge is 0.319 e. The molecule has 1 aliphatic rings. The lowest BCUT2D eigenvalue weighted by Gasteiger charge is -2.22. The first kappa shape index (κ1) is 31.7. The van der Waals surface area contributed by atoms with E-state index in [9.17, 15) is 23.6 Å². The molecule has 43 heavy (non-hydrogen) atoms. The molecule has 1 fully saturated rings. The Bertz CT molecular complexity index is 1510. The molecule has 0 unspecified atom stereocenters. The van der Waals surface area contributed by atoms with Crippen molar-refractivity contribution in [3.05, 3.63) is 58.5 Å². The van der Waals surface area contributed by atoms with Crippen LogP contribution < -0.4 is 21.7 Å². The van der Waals surface area contributed by atoms with Crippen LogP contribution in [0.2, 0.25) is 5.02 Å². The van der Waals surface area contributed by atoms with Gasteiger partial charge in [0.1, 0.15) is 12.4 Å². The molecule has 1 aromatic heterocycles. The van der Waals surface area contributed by atoms with Crippen molar-refractivity contribution in [3.8, 4) is 0 Å². The molecule has 5 N–H and O–H groups in total. The quantitative estimate of drug-likeness (QED) is 0.219. The zero-order valence-electron chi connectivity index (χ0n) is 24.2. The third kappa shape index (κ3) is 8.20. The fourth-order valence-electron chi connectivity index (χ4n) is 4.72. The number of anilines is 1. The SMILES string of the molecule is CCN(CC)CCNC(=O)Nc1ccc2c(c1)c(C(N)=O)nn2CC(=O)N(CC(=O)NCc1cccc(Cl)c1F)C1CC1. The van der Waals surface area contributed by atoms with Crippen molar-refractivity contribution >= 4 is 51.9 Å². The van der Waals surface area contributed by atoms with Crippen LogP contribution in [-0.4, -0.2) is 82.1 Å². The number of rotatable bonds is 14. The summed E-state index contributed by atoms with van der Waals surface area (Å²) in [5.41, 5.74) is 6.65. The second kappa shape index (κ2) is 14.3. The number of amides is 5. The number of nitrogens with two attached hydrogens (primary N) is 1. The van der Waals surface area contributed by atoms with Gasteiger partial charge in [0, 0.05) is 42.3 Å². The van der Waals surface area contributed by atoms with E-state index in [1.165, 1.54) is 21.7 Å². The predicted octanol–water partition coefficient (Wildman–Crippen LogP) is 2.70. The lowest BCUT2D eigenvalue weighted by atomic mass is 10.2. The summed E-state index contributed by atoms with van der Waals surface area (Å²) in [5, 5.41) is 12.8. The van der Waals surface area contributed by atoms with Crippen LogP contribution in [0.4, 0.5) is 14.9 Å². The van der Waals surface area contributed by atoms with Gasteiger partial charge in [0.05, 0.1) is 17.1 Å². The van der Waals surface area contributed by atoms with E-state index >= 15 is 0 Å². The summed E-state index contributed by atoms with van der Waals surface area (Å²) in [6, 6.07) is 8.88. The Morgan fingerprint density at radius 2 is 1.86 bits per heavy atom. The Hall–Kier alpha value is -4.23. The first-order valence-electron chi connectivity index (χ1n) is 14.2. The molecule has 1 aliphatic carbocycles. The van der Waals surface area contributed by atoms with Gasteiger partial charge in [0.2, 0.25) is 11.8 Å². The highest BCUT2D eigenvalue weighted by molar-refractivity contribution is 6.30. The van der Waals surface area contributed by atoms with Crippen LogP contribution in [0.3, 0.4) is 0 Å². The van der Waals surface area contributed by atoms with Crippen molar-refractivity contribution in [2.45, 2.75) is 45.8 Å². The predicted molar refractivity (Wildman–Crippen MR) is 161 cm³/mol. The van der Waals surface area contributed by atoms with Gasteiger partial charge in [0.15, 0.2) is 5.69 Å². The van der Waals surface area contributed by atoms with Crippen molar-refractivity contribution in [1.82, 2.24) is 30.2 Å². The van der Waals surface area contributed by atoms with Gasteiger partial charge in [0.25, 0.3) is 5.91 Å². The summed E-state index contributed by atoms with van der Waals surface area (Å²) >= 11 is 5.81. The topological polar surface area (TPSA) is 155 Å². The lowest BCUT2D eigenvalue weighted by Crippen LogP contribution is -2.43. The molecular weight excluding hydrogens is 579 g/mol. The van der Waals surface area contributed by atoms with Crippen LogP contribution in [0, 0.1) is 5.82 Å². The molecule has 2 aromatic carbocycles. The molecule has 1 heterocycles. The van der Waals surface area contributed by atoms with E-state index in [-0.39, 0.29) is 47.9 Å². The van der Waals surface area contributed by atoms with Crippen molar-refractivity contribution in [2.24, 2.45) is 5.73 Å². The Morgan fingerprint density at radius 3 is 2.53 bits per heavy atom. The van der Waals surface area contributed by atoms with E-state index < -0.39 is 23.7 Å². The van der Waals surface area contributed by atoms with E-state index in [1.54, 1.807) is 24.3 Å².